The molecule has 0 spiro atoms. The molecule has 0 saturated heterocycles. The lowest BCUT2D eigenvalue weighted by molar-refractivity contribution is 0.578. The van der Waals surface area contributed by atoms with Crippen LogP contribution in [0.25, 0.3) is 5.52 Å². The maximum atomic E-state index is 12.4. The molecule has 1 aliphatic rings. The minimum atomic E-state index is -3.52. The lowest BCUT2D eigenvalue weighted by atomic mass is 10.3. The minimum absolute atomic E-state index is 0.0937. The number of nitrogens with one attached hydrogen (secondary N) is 1. The number of hydrogen-bond acceptors (Lipinski definition) is 3. The Kier molecular flexibility index (Phi) is 3.30. The normalized spacial score (nSPS) is 15.9. The Hall–Kier alpha value is -1.40. The van der Waals surface area contributed by atoms with Crippen molar-refractivity contribution < 1.29 is 8.42 Å². The Balaban J connectivity index is 2.15. The van der Waals surface area contributed by atoms with Crippen LogP contribution >= 0.6 is 0 Å². The summed E-state index contributed by atoms with van der Waals surface area (Å²) in [7, 11) is -3.52. The van der Waals surface area contributed by atoms with Crippen LogP contribution in [0, 0.1) is 6.92 Å². The Morgan fingerprint density at radius 2 is 2.20 bits per heavy atom. The smallest absolute Gasteiger partial charge is 0.260 e. The number of sulfonamides is 1. The van der Waals surface area contributed by atoms with Crippen LogP contribution in [0.2, 0.25) is 0 Å². The predicted octanol–water partition coefficient (Wildman–Crippen LogP) is 2.04. The number of rotatable bonds is 5. The number of aryl methyl sites for hydroxylation is 2. The van der Waals surface area contributed by atoms with E-state index in [-0.39, 0.29) is 11.1 Å². The van der Waals surface area contributed by atoms with Crippen LogP contribution in [-0.4, -0.2) is 23.8 Å². The zero-order valence-corrected chi connectivity index (χ0v) is 12.6. The van der Waals surface area contributed by atoms with Crippen molar-refractivity contribution in [3.8, 4) is 0 Å². The zero-order valence-electron chi connectivity index (χ0n) is 11.8. The van der Waals surface area contributed by atoms with Gasteiger partial charge in [-0.1, -0.05) is 6.92 Å². The number of nitrogens with zero attached hydrogens (tertiary/aromatic N) is 2. The molecule has 1 saturated carbocycles. The summed E-state index contributed by atoms with van der Waals surface area (Å²) in [4.78, 5) is 4.39. The van der Waals surface area contributed by atoms with Gasteiger partial charge in [0, 0.05) is 18.7 Å². The van der Waals surface area contributed by atoms with E-state index in [4.69, 9.17) is 0 Å². The van der Waals surface area contributed by atoms with Gasteiger partial charge in [-0.25, -0.2) is 18.1 Å². The molecular weight excluding hydrogens is 274 g/mol. The fourth-order valence-corrected chi connectivity index (χ4v) is 3.74. The first-order chi connectivity index (χ1) is 9.51. The number of pyridine rings is 1. The molecule has 0 radical (unpaired) electrons. The van der Waals surface area contributed by atoms with Gasteiger partial charge >= 0.3 is 0 Å². The molecule has 20 heavy (non-hydrogen) atoms. The van der Waals surface area contributed by atoms with Crippen LogP contribution in [0.3, 0.4) is 0 Å². The van der Waals surface area contributed by atoms with E-state index in [0.717, 1.165) is 37.1 Å². The third kappa shape index (κ3) is 2.45. The average Bonchev–Trinajstić information content (AvgIpc) is 3.10. The Labute approximate surface area is 119 Å². The van der Waals surface area contributed by atoms with Crippen molar-refractivity contribution in [2.24, 2.45) is 0 Å². The standard InChI is InChI=1S/C14H19N3O2S/c1-3-4-13-15-14(20(18,19)16-11-5-6-11)12-9-10(2)7-8-17(12)13/h7-9,11,16H,3-6H2,1-2H3. The Morgan fingerprint density at radius 3 is 2.85 bits per heavy atom. The number of hydrogen-bond donors (Lipinski definition) is 1. The lowest BCUT2D eigenvalue weighted by Gasteiger charge is -2.03. The lowest BCUT2D eigenvalue weighted by Crippen LogP contribution is -2.26. The van der Waals surface area contributed by atoms with Gasteiger partial charge in [0.05, 0.1) is 5.52 Å². The van der Waals surface area contributed by atoms with Gasteiger partial charge < -0.3 is 4.40 Å². The molecule has 2 aromatic heterocycles. The molecule has 1 aliphatic carbocycles. The molecule has 0 amide bonds. The molecule has 5 nitrogen and oxygen atoms in total. The molecule has 3 rings (SSSR count). The molecule has 1 fully saturated rings. The molecule has 2 heterocycles. The molecule has 0 atom stereocenters. The zero-order chi connectivity index (χ0) is 14.3. The van der Waals surface area contributed by atoms with Crippen molar-refractivity contribution >= 4 is 15.5 Å². The second-order valence-electron chi connectivity index (χ2n) is 5.44. The van der Waals surface area contributed by atoms with Gasteiger partial charge in [0.2, 0.25) is 0 Å². The van der Waals surface area contributed by atoms with Gasteiger partial charge in [0.25, 0.3) is 10.0 Å². The summed E-state index contributed by atoms with van der Waals surface area (Å²) in [5.41, 5.74) is 1.70. The molecule has 1 N–H and O–H groups in total. The second-order valence-corrected chi connectivity index (χ2v) is 7.07. The molecule has 0 aromatic carbocycles. The predicted molar refractivity (Wildman–Crippen MR) is 77.3 cm³/mol. The molecule has 108 valence electrons. The van der Waals surface area contributed by atoms with Gasteiger partial charge in [-0.2, -0.15) is 0 Å². The van der Waals surface area contributed by atoms with E-state index < -0.39 is 10.0 Å². The minimum Gasteiger partial charge on any atom is -0.302 e. The summed E-state index contributed by atoms with van der Waals surface area (Å²) in [5.74, 6) is 0.804. The molecule has 0 aliphatic heterocycles. The van der Waals surface area contributed by atoms with Crippen molar-refractivity contribution in [3.05, 3.63) is 29.7 Å². The van der Waals surface area contributed by atoms with Gasteiger partial charge in [0.15, 0.2) is 5.03 Å². The summed E-state index contributed by atoms with van der Waals surface area (Å²) in [6.45, 7) is 4.02. The first kappa shape index (κ1) is 13.6. The highest BCUT2D eigenvalue weighted by Crippen LogP contribution is 2.25. The number of fused-ring (bicyclic) bond motifs is 1. The quantitative estimate of drug-likeness (QED) is 0.917. The van der Waals surface area contributed by atoms with E-state index in [2.05, 4.69) is 16.6 Å². The Bertz CT molecular complexity index is 745. The van der Waals surface area contributed by atoms with Crippen LogP contribution < -0.4 is 4.72 Å². The SMILES string of the molecule is CCCc1nc(S(=O)(=O)NC2CC2)c2cc(C)ccn12. The first-order valence-corrected chi connectivity index (χ1v) is 8.49. The molecule has 0 bridgehead atoms. The van der Waals surface area contributed by atoms with Crippen LogP contribution in [-0.2, 0) is 16.4 Å². The molecule has 2 aromatic rings. The van der Waals surface area contributed by atoms with Crippen molar-refractivity contribution in [3.63, 3.8) is 0 Å². The van der Waals surface area contributed by atoms with E-state index >= 15 is 0 Å². The van der Waals surface area contributed by atoms with E-state index in [9.17, 15) is 8.42 Å². The number of imidazole rings is 1. The third-order valence-corrected chi connectivity index (χ3v) is 4.92. The fourth-order valence-electron chi connectivity index (χ4n) is 2.30. The van der Waals surface area contributed by atoms with E-state index in [1.54, 1.807) is 0 Å². The monoisotopic (exact) mass is 293 g/mol. The number of aromatic nitrogens is 2. The van der Waals surface area contributed by atoms with Gasteiger partial charge in [-0.3, -0.25) is 0 Å². The van der Waals surface area contributed by atoms with E-state index in [1.165, 1.54) is 0 Å². The van der Waals surface area contributed by atoms with Crippen LogP contribution in [0.15, 0.2) is 23.4 Å². The van der Waals surface area contributed by atoms with Crippen molar-refractivity contribution in [1.82, 2.24) is 14.1 Å². The van der Waals surface area contributed by atoms with Crippen molar-refractivity contribution in [2.75, 3.05) is 0 Å². The highest BCUT2D eigenvalue weighted by atomic mass is 32.2. The second kappa shape index (κ2) is 4.86. The summed E-state index contributed by atoms with van der Waals surface area (Å²) < 4.78 is 29.5. The van der Waals surface area contributed by atoms with Gasteiger partial charge in [-0.05, 0) is 43.9 Å². The summed E-state index contributed by atoms with van der Waals surface area (Å²) in [6.07, 6.45) is 5.45. The highest BCUT2D eigenvalue weighted by molar-refractivity contribution is 7.89. The van der Waals surface area contributed by atoms with Crippen molar-refractivity contribution in [1.29, 1.82) is 0 Å². The molecular formula is C14H19N3O2S. The van der Waals surface area contributed by atoms with E-state index in [1.807, 2.05) is 29.7 Å². The van der Waals surface area contributed by atoms with Gasteiger partial charge in [0.1, 0.15) is 5.82 Å². The molecule has 0 unspecified atom stereocenters. The highest BCUT2D eigenvalue weighted by Gasteiger charge is 2.31. The first-order valence-electron chi connectivity index (χ1n) is 7.01. The maximum absolute atomic E-state index is 12.4. The van der Waals surface area contributed by atoms with Crippen LogP contribution in [0.1, 0.15) is 37.6 Å². The Morgan fingerprint density at radius 1 is 1.45 bits per heavy atom. The maximum Gasteiger partial charge on any atom is 0.260 e. The van der Waals surface area contributed by atoms with Crippen LogP contribution in [0.5, 0.6) is 0 Å². The van der Waals surface area contributed by atoms with Crippen LogP contribution in [0.4, 0.5) is 0 Å². The summed E-state index contributed by atoms with van der Waals surface area (Å²) >= 11 is 0. The van der Waals surface area contributed by atoms with Crippen molar-refractivity contribution in [2.45, 2.75) is 50.6 Å². The topological polar surface area (TPSA) is 63.5 Å². The fraction of sp³-hybridized carbons (Fsp3) is 0.500. The largest absolute Gasteiger partial charge is 0.302 e. The summed E-state index contributed by atoms with van der Waals surface area (Å²) in [6, 6.07) is 3.95. The van der Waals surface area contributed by atoms with E-state index in [0.29, 0.717) is 5.52 Å². The average molecular weight is 293 g/mol. The summed E-state index contributed by atoms with van der Waals surface area (Å²) in [5, 5.41) is 0.163. The van der Waals surface area contributed by atoms with Gasteiger partial charge in [-0.15, -0.1) is 0 Å². The third-order valence-electron chi connectivity index (χ3n) is 3.47. The molecule has 6 heteroatoms.